The van der Waals surface area contributed by atoms with Crippen LogP contribution in [0.3, 0.4) is 0 Å². The monoisotopic (exact) mass is 380 g/mol. The number of amides is 2. The number of piperazine rings is 1. The summed E-state index contributed by atoms with van der Waals surface area (Å²) >= 11 is 0. The number of carbonyl (C=O) groups excluding carboxylic acids is 2. The third-order valence-electron chi connectivity index (χ3n) is 5.12. The minimum Gasteiger partial charge on any atom is -0.484 e. The van der Waals surface area contributed by atoms with Crippen molar-refractivity contribution >= 4 is 12.3 Å². The van der Waals surface area contributed by atoms with Gasteiger partial charge in [0.15, 0.2) is 6.61 Å². The molecule has 0 spiro atoms. The molecule has 0 bridgehead atoms. The van der Waals surface area contributed by atoms with E-state index in [2.05, 4.69) is 45.0 Å². The van der Waals surface area contributed by atoms with Crippen LogP contribution in [0, 0.1) is 0 Å². The highest BCUT2D eigenvalue weighted by Crippen LogP contribution is 2.27. The first-order valence-electron chi connectivity index (χ1n) is 9.68. The quantitative estimate of drug-likeness (QED) is 0.748. The molecule has 1 fully saturated rings. The topological polar surface area (TPSA) is 49.9 Å². The molecule has 1 saturated heterocycles. The summed E-state index contributed by atoms with van der Waals surface area (Å²) in [5, 5.41) is 0. The molecule has 5 nitrogen and oxygen atoms in total. The zero-order chi connectivity index (χ0) is 20.1. The number of ether oxygens (including phenoxy) is 1. The summed E-state index contributed by atoms with van der Waals surface area (Å²) in [5.74, 6) is 0.627. The van der Waals surface area contributed by atoms with Gasteiger partial charge in [-0.05, 0) is 34.2 Å². The number of benzene rings is 2. The number of hydrogen-bond donors (Lipinski definition) is 0. The third kappa shape index (κ3) is 4.91. The fraction of sp³-hybridized carbons (Fsp3) is 0.391. The van der Waals surface area contributed by atoms with E-state index in [1.165, 1.54) is 5.56 Å². The summed E-state index contributed by atoms with van der Waals surface area (Å²) in [5.41, 5.74) is 3.72. The summed E-state index contributed by atoms with van der Waals surface area (Å²) in [6.45, 7) is 8.91. The van der Waals surface area contributed by atoms with Gasteiger partial charge in [-0.25, -0.2) is 0 Å². The Hall–Kier alpha value is -2.82. The second-order valence-corrected chi connectivity index (χ2v) is 8.16. The van der Waals surface area contributed by atoms with Gasteiger partial charge < -0.3 is 14.5 Å². The van der Waals surface area contributed by atoms with E-state index in [-0.39, 0.29) is 17.9 Å². The van der Waals surface area contributed by atoms with Crippen LogP contribution in [0.1, 0.15) is 26.3 Å². The molecule has 2 aromatic carbocycles. The normalized spacial score (nSPS) is 14.7. The Kier molecular flexibility index (Phi) is 6.02. The van der Waals surface area contributed by atoms with Crippen molar-refractivity contribution in [3.63, 3.8) is 0 Å². The Morgan fingerprint density at radius 3 is 1.96 bits per heavy atom. The van der Waals surface area contributed by atoms with Gasteiger partial charge in [0.2, 0.25) is 6.41 Å². The minimum absolute atomic E-state index is 0.0146. The average molecular weight is 380 g/mol. The fourth-order valence-corrected chi connectivity index (χ4v) is 3.22. The van der Waals surface area contributed by atoms with Crippen molar-refractivity contribution in [1.29, 1.82) is 0 Å². The predicted octanol–water partition coefficient (Wildman–Crippen LogP) is 3.33. The molecule has 148 valence electrons. The van der Waals surface area contributed by atoms with E-state index >= 15 is 0 Å². The van der Waals surface area contributed by atoms with Crippen molar-refractivity contribution in [2.75, 3.05) is 32.8 Å². The van der Waals surface area contributed by atoms with E-state index in [1.807, 2.05) is 24.3 Å². The van der Waals surface area contributed by atoms with Crippen LogP contribution in [0.2, 0.25) is 0 Å². The smallest absolute Gasteiger partial charge is 0.260 e. The van der Waals surface area contributed by atoms with Crippen LogP contribution in [0.15, 0.2) is 48.5 Å². The van der Waals surface area contributed by atoms with Crippen LogP contribution >= 0.6 is 0 Å². The van der Waals surface area contributed by atoms with Crippen molar-refractivity contribution in [3.05, 3.63) is 54.1 Å². The molecule has 0 unspecified atom stereocenters. The van der Waals surface area contributed by atoms with Gasteiger partial charge in [-0.3, -0.25) is 9.59 Å². The van der Waals surface area contributed by atoms with Gasteiger partial charge in [-0.15, -0.1) is 0 Å². The first kappa shape index (κ1) is 19.9. The van der Waals surface area contributed by atoms with Gasteiger partial charge in [0.1, 0.15) is 5.75 Å². The van der Waals surface area contributed by atoms with E-state index in [9.17, 15) is 9.59 Å². The van der Waals surface area contributed by atoms with Gasteiger partial charge in [0.05, 0.1) is 0 Å². The van der Waals surface area contributed by atoms with E-state index in [1.54, 1.807) is 9.80 Å². The molecule has 1 heterocycles. The molecule has 1 aliphatic heterocycles. The Balaban J connectivity index is 1.54. The molecule has 0 radical (unpaired) electrons. The lowest BCUT2D eigenvalue weighted by atomic mass is 9.86. The van der Waals surface area contributed by atoms with Crippen molar-refractivity contribution in [3.8, 4) is 16.9 Å². The molecule has 0 aliphatic carbocycles. The van der Waals surface area contributed by atoms with E-state index in [4.69, 9.17) is 4.74 Å². The Labute approximate surface area is 166 Å². The highest BCUT2D eigenvalue weighted by atomic mass is 16.5. The Morgan fingerprint density at radius 1 is 0.929 bits per heavy atom. The van der Waals surface area contributed by atoms with Gasteiger partial charge in [-0.1, -0.05) is 57.2 Å². The maximum Gasteiger partial charge on any atom is 0.260 e. The van der Waals surface area contributed by atoms with Gasteiger partial charge in [0, 0.05) is 26.2 Å². The minimum atomic E-state index is -0.0487. The SMILES string of the molecule is CC(C)(C)c1ccc(-c2ccc(OCC(=O)N3CCN(C=O)CC3)cc2)cc1. The number of nitrogens with zero attached hydrogens (tertiary/aromatic N) is 2. The molecule has 0 N–H and O–H groups in total. The van der Waals surface area contributed by atoms with E-state index in [0.29, 0.717) is 31.9 Å². The lowest BCUT2D eigenvalue weighted by molar-refractivity contribution is -0.137. The van der Waals surface area contributed by atoms with E-state index < -0.39 is 0 Å². The largest absolute Gasteiger partial charge is 0.484 e. The Morgan fingerprint density at radius 2 is 1.46 bits per heavy atom. The molecule has 5 heteroatoms. The number of hydrogen-bond acceptors (Lipinski definition) is 3. The standard InChI is InChI=1S/C23H28N2O3/c1-23(2,3)20-8-4-18(5-9-20)19-6-10-21(11-7-19)28-16-22(27)25-14-12-24(17-26)13-15-25/h4-11,17H,12-16H2,1-3H3. The van der Waals surface area contributed by atoms with Gasteiger partial charge in [0.25, 0.3) is 5.91 Å². The molecular weight excluding hydrogens is 352 g/mol. The first-order valence-corrected chi connectivity index (χ1v) is 9.68. The highest BCUT2D eigenvalue weighted by molar-refractivity contribution is 5.78. The zero-order valence-electron chi connectivity index (χ0n) is 16.9. The van der Waals surface area contributed by atoms with Crippen molar-refractivity contribution in [2.24, 2.45) is 0 Å². The summed E-state index contributed by atoms with van der Waals surface area (Å²) in [6, 6.07) is 16.4. The van der Waals surface area contributed by atoms with E-state index in [0.717, 1.165) is 17.5 Å². The van der Waals surface area contributed by atoms with Crippen molar-refractivity contribution in [1.82, 2.24) is 9.80 Å². The van der Waals surface area contributed by atoms with Crippen LogP contribution in [-0.4, -0.2) is 54.9 Å². The molecule has 0 aromatic heterocycles. The summed E-state index contributed by atoms with van der Waals surface area (Å²) < 4.78 is 5.65. The Bertz CT molecular complexity index is 799. The zero-order valence-corrected chi connectivity index (χ0v) is 16.9. The van der Waals surface area contributed by atoms with Crippen LogP contribution in [0.25, 0.3) is 11.1 Å². The summed E-state index contributed by atoms with van der Waals surface area (Å²) in [6.07, 6.45) is 0.830. The van der Waals surface area contributed by atoms with Gasteiger partial charge >= 0.3 is 0 Å². The fourth-order valence-electron chi connectivity index (χ4n) is 3.22. The molecular formula is C23H28N2O3. The highest BCUT2D eigenvalue weighted by Gasteiger charge is 2.20. The molecule has 1 aliphatic rings. The maximum atomic E-state index is 12.3. The second-order valence-electron chi connectivity index (χ2n) is 8.16. The van der Waals surface area contributed by atoms with Crippen LogP contribution in [-0.2, 0) is 15.0 Å². The molecule has 0 saturated carbocycles. The summed E-state index contributed by atoms with van der Waals surface area (Å²) in [4.78, 5) is 26.4. The van der Waals surface area contributed by atoms with Crippen LogP contribution in [0.4, 0.5) is 0 Å². The molecule has 28 heavy (non-hydrogen) atoms. The summed E-state index contributed by atoms with van der Waals surface area (Å²) in [7, 11) is 0. The van der Waals surface area contributed by atoms with Crippen molar-refractivity contribution < 1.29 is 14.3 Å². The number of carbonyl (C=O) groups is 2. The van der Waals surface area contributed by atoms with Gasteiger partial charge in [-0.2, -0.15) is 0 Å². The molecule has 2 aromatic rings. The maximum absolute atomic E-state index is 12.3. The number of rotatable bonds is 5. The third-order valence-corrected chi connectivity index (χ3v) is 5.12. The lowest BCUT2D eigenvalue weighted by Gasteiger charge is -2.32. The second kappa shape index (κ2) is 8.46. The van der Waals surface area contributed by atoms with Crippen LogP contribution in [0.5, 0.6) is 5.75 Å². The lowest BCUT2D eigenvalue weighted by Crippen LogP contribution is -2.49. The molecule has 3 rings (SSSR count). The molecule has 0 atom stereocenters. The average Bonchev–Trinajstić information content (AvgIpc) is 2.72. The van der Waals surface area contributed by atoms with Crippen LogP contribution < -0.4 is 4.74 Å². The van der Waals surface area contributed by atoms with Crippen molar-refractivity contribution in [2.45, 2.75) is 26.2 Å². The first-order chi connectivity index (χ1) is 13.4. The predicted molar refractivity (Wildman–Crippen MR) is 110 cm³/mol. The molecule has 2 amide bonds.